The third-order valence-electron chi connectivity index (χ3n) is 2.82. The van der Waals surface area contributed by atoms with Gasteiger partial charge in [0.15, 0.2) is 5.78 Å². The summed E-state index contributed by atoms with van der Waals surface area (Å²) in [6, 6.07) is 1.88. The van der Waals surface area contributed by atoms with Crippen LogP contribution < -0.4 is 15.2 Å². The highest BCUT2D eigenvalue weighted by atomic mass is 16.5. The lowest BCUT2D eigenvalue weighted by atomic mass is 9.98. The quantitative estimate of drug-likeness (QED) is 0.776. The van der Waals surface area contributed by atoms with Gasteiger partial charge in [0.1, 0.15) is 11.5 Å². The second-order valence-electron chi connectivity index (χ2n) is 3.80. The molecule has 2 rings (SSSR count). The molecule has 0 amide bonds. The van der Waals surface area contributed by atoms with Crippen molar-refractivity contribution in [1.29, 1.82) is 0 Å². The van der Waals surface area contributed by atoms with E-state index in [2.05, 4.69) is 0 Å². The number of ketones is 1. The van der Waals surface area contributed by atoms with E-state index in [-0.39, 0.29) is 12.3 Å². The number of hydrogen-bond donors (Lipinski definition) is 1. The van der Waals surface area contributed by atoms with Crippen LogP contribution in [0.3, 0.4) is 0 Å². The minimum absolute atomic E-state index is 0.00313. The van der Waals surface area contributed by atoms with Crippen LogP contribution in [-0.4, -0.2) is 26.0 Å². The van der Waals surface area contributed by atoms with Crippen LogP contribution in [0.4, 0.5) is 0 Å². The van der Waals surface area contributed by atoms with Gasteiger partial charge in [-0.1, -0.05) is 0 Å². The summed E-state index contributed by atoms with van der Waals surface area (Å²) < 4.78 is 10.8. The summed E-state index contributed by atoms with van der Waals surface area (Å²) in [5.41, 5.74) is 7.83. The lowest BCUT2D eigenvalue weighted by molar-refractivity contribution is 0.0997. The Balaban J connectivity index is 2.64. The van der Waals surface area contributed by atoms with Crippen LogP contribution in [0, 0.1) is 6.92 Å². The lowest BCUT2D eigenvalue weighted by Gasteiger charge is -2.13. The van der Waals surface area contributed by atoms with Crippen molar-refractivity contribution in [3.8, 4) is 11.5 Å². The van der Waals surface area contributed by atoms with Crippen molar-refractivity contribution >= 4 is 5.78 Å². The minimum atomic E-state index is -0.0935. The highest BCUT2D eigenvalue weighted by molar-refractivity contribution is 6.02. The monoisotopic (exact) mass is 221 g/mol. The Labute approximate surface area is 94.3 Å². The number of nitrogens with two attached hydrogens (primary N) is 1. The maximum atomic E-state index is 11.8. The molecule has 0 bridgehead atoms. The molecule has 4 nitrogen and oxygen atoms in total. The zero-order valence-electron chi connectivity index (χ0n) is 9.50. The van der Waals surface area contributed by atoms with E-state index >= 15 is 0 Å². The maximum Gasteiger partial charge on any atom is 0.180 e. The van der Waals surface area contributed by atoms with Gasteiger partial charge in [-0.25, -0.2) is 0 Å². The number of rotatable bonds is 3. The first kappa shape index (κ1) is 11.0. The maximum absolute atomic E-state index is 11.8. The number of methoxy groups -OCH3 is 1. The van der Waals surface area contributed by atoms with Crippen LogP contribution in [0.5, 0.6) is 11.5 Å². The van der Waals surface area contributed by atoms with Gasteiger partial charge in [-0.15, -0.1) is 0 Å². The van der Waals surface area contributed by atoms with Crippen molar-refractivity contribution in [2.45, 2.75) is 13.3 Å². The smallest absolute Gasteiger partial charge is 0.180 e. The number of Topliss-reactive ketones (excluding diaryl/α,β-unsaturated/α-hetero) is 1. The predicted molar refractivity (Wildman–Crippen MR) is 60.3 cm³/mol. The van der Waals surface area contributed by atoms with E-state index in [0.29, 0.717) is 17.9 Å². The fourth-order valence-electron chi connectivity index (χ4n) is 2.10. The first-order valence-electron chi connectivity index (χ1n) is 5.25. The molecule has 1 aromatic carbocycles. The van der Waals surface area contributed by atoms with E-state index in [1.807, 2.05) is 13.0 Å². The Morgan fingerprint density at radius 3 is 3.00 bits per heavy atom. The highest BCUT2D eigenvalue weighted by Crippen LogP contribution is 2.38. The van der Waals surface area contributed by atoms with Gasteiger partial charge in [0.2, 0.25) is 0 Å². The highest BCUT2D eigenvalue weighted by Gasteiger charge is 2.24. The second kappa shape index (κ2) is 4.14. The van der Waals surface area contributed by atoms with E-state index in [1.165, 1.54) is 0 Å². The van der Waals surface area contributed by atoms with Crippen molar-refractivity contribution in [3.05, 3.63) is 22.8 Å². The molecule has 1 aliphatic heterocycles. The van der Waals surface area contributed by atoms with Gasteiger partial charge >= 0.3 is 0 Å². The molecule has 0 aliphatic carbocycles. The Morgan fingerprint density at radius 1 is 1.62 bits per heavy atom. The molecule has 4 heteroatoms. The SMILES string of the molecule is COc1c2c(cc(C)c1C(=O)CN)OCC2. The summed E-state index contributed by atoms with van der Waals surface area (Å²) in [5, 5.41) is 0. The van der Waals surface area contributed by atoms with Crippen LogP contribution in [0.2, 0.25) is 0 Å². The van der Waals surface area contributed by atoms with Crippen molar-refractivity contribution in [2.24, 2.45) is 5.73 Å². The molecule has 1 aromatic rings. The molecule has 0 fully saturated rings. The van der Waals surface area contributed by atoms with E-state index in [1.54, 1.807) is 7.11 Å². The number of ether oxygens (including phenoxy) is 2. The number of carbonyl (C=O) groups excluding carboxylic acids is 1. The van der Waals surface area contributed by atoms with Crippen LogP contribution >= 0.6 is 0 Å². The van der Waals surface area contributed by atoms with E-state index in [0.717, 1.165) is 23.3 Å². The average Bonchev–Trinajstić information content (AvgIpc) is 2.73. The second-order valence-corrected chi connectivity index (χ2v) is 3.80. The third kappa shape index (κ3) is 1.55. The first-order valence-corrected chi connectivity index (χ1v) is 5.25. The number of carbonyl (C=O) groups is 1. The van der Waals surface area contributed by atoms with Gasteiger partial charge < -0.3 is 15.2 Å². The molecule has 0 unspecified atom stereocenters. The number of hydrogen-bond acceptors (Lipinski definition) is 4. The van der Waals surface area contributed by atoms with Crippen LogP contribution in [0.25, 0.3) is 0 Å². The molecule has 2 N–H and O–H groups in total. The zero-order valence-corrected chi connectivity index (χ0v) is 9.50. The molecular weight excluding hydrogens is 206 g/mol. The molecule has 0 aromatic heterocycles. The third-order valence-corrected chi connectivity index (χ3v) is 2.82. The van der Waals surface area contributed by atoms with Gasteiger partial charge in [-0.2, -0.15) is 0 Å². The van der Waals surface area contributed by atoms with Gasteiger partial charge in [-0.05, 0) is 18.6 Å². The summed E-state index contributed by atoms with van der Waals surface area (Å²) in [6.45, 7) is 2.51. The first-order chi connectivity index (χ1) is 7.69. The Kier molecular flexibility index (Phi) is 2.83. The summed E-state index contributed by atoms with van der Waals surface area (Å²) in [7, 11) is 1.57. The number of aryl methyl sites for hydroxylation is 1. The van der Waals surface area contributed by atoms with E-state index < -0.39 is 0 Å². The molecule has 0 saturated heterocycles. The molecule has 16 heavy (non-hydrogen) atoms. The van der Waals surface area contributed by atoms with Crippen LogP contribution in [0.15, 0.2) is 6.07 Å². The number of fused-ring (bicyclic) bond motifs is 1. The largest absolute Gasteiger partial charge is 0.496 e. The molecule has 0 saturated carbocycles. The average molecular weight is 221 g/mol. The Morgan fingerprint density at radius 2 is 2.38 bits per heavy atom. The van der Waals surface area contributed by atoms with Crippen molar-refractivity contribution in [2.75, 3.05) is 20.3 Å². The number of benzene rings is 1. The zero-order chi connectivity index (χ0) is 11.7. The summed E-state index contributed by atoms with van der Waals surface area (Å²) in [5.74, 6) is 1.36. The fraction of sp³-hybridized carbons (Fsp3) is 0.417. The van der Waals surface area contributed by atoms with Crippen LogP contribution in [-0.2, 0) is 6.42 Å². The molecule has 86 valence electrons. The van der Waals surface area contributed by atoms with Crippen molar-refractivity contribution < 1.29 is 14.3 Å². The normalized spacial score (nSPS) is 13.2. The molecule has 1 aliphatic rings. The minimum Gasteiger partial charge on any atom is -0.496 e. The molecule has 1 heterocycles. The molecular formula is C12H15NO3. The van der Waals surface area contributed by atoms with E-state index in [4.69, 9.17) is 15.2 Å². The Hall–Kier alpha value is -1.55. The van der Waals surface area contributed by atoms with Crippen molar-refractivity contribution in [1.82, 2.24) is 0 Å². The summed E-state index contributed by atoms with van der Waals surface area (Å²) >= 11 is 0. The van der Waals surface area contributed by atoms with Gasteiger partial charge in [-0.3, -0.25) is 4.79 Å². The topological polar surface area (TPSA) is 61.5 Å². The van der Waals surface area contributed by atoms with Gasteiger partial charge in [0, 0.05) is 12.0 Å². The standard InChI is InChI=1S/C12H15NO3/c1-7-5-10-8(3-4-16-10)12(15-2)11(7)9(14)6-13/h5H,3-4,6,13H2,1-2H3. The predicted octanol–water partition coefficient (Wildman–Crippen LogP) is 1.08. The van der Waals surface area contributed by atoms with Gasteiger partial charge in [0.05, 0.1) is 25.8 Å². The fourth-order valence-corrected chi connectivity index (χ4v) is 2.10. The summed E-state index contributed by atoms with van der Waals surface area (Å²) in [4.78, 5) is 11.8. The molecule has 0 atom stereocenters. The van der Waals surface area contributed by atoms with E-state index in [9.17, 15) is 4.79 Å². The van der Waals surface area contributed by atoms with Crippen molar-refractivity contribution in [3.63, 3.8) is 0 Å². The molecule has 0 spiro atoms. The van der Waals surface area contributed by atoms with Gasteiger partial charge in [0.25, 0.3) is 0 Å². The lowest BCUT2D eigenvalue weighted by Crippen LogP contribution is -2.16. The summed E-state index contributed by atoms with van der Waals surface area (Å²) in [6.07, 6.45) is 0.781. The molecule has 0 radical (unpaired) electrons. The Bertz CT molecular complexity index is 440. The van der Waals surface area contributed by atoms with Crippen LogP contribution in [0.1, 0.15) is 21.5 Å².